The van der Waals surface area contributed by atoms with E-state index >= 15 is 0 Å². The Morgan fingerprint density at radius 2 is 1.70 bits per heavy atom. The Labute approximate surface area is 120 Å². The third-order valence-corrected chi connectivity index (χ3v) is 2.92. The number of nitrogens with zero attached hydrogens (tertiary/aromatic N) is 2. The lowest BCUT2D eigenvalue weighted by Gasteiger charge is -2.16. The largest absolute Gasteiger partial charge is 0.336 e. The quantitative estimate of drug-likeness (QED) is 0.516. The lowest BCUT2D eigenvalue weighted by molar-refractivity contribution is -0.384. The fraction of sp³-hybridized carbons (Fsp3) is 0. The molecule has 0 unspecified atom stereocenters. The number of hydrogen-bond acceptors (Lipinski definition) is 4. The lowest BCUT2D eigenvalue weighted by Crippen LogP contribution is -2.27. The second-order valence-electron chi connectivity index (χ2n) is 3.85. The van der Waals surface area contributed by atoms with Gasteiger partial charge < -0.3 is 5.32 Å². The normalized spacial score (nSPS) is 9.85. The minimum Gasteiger partial charge on any atom is -0.307 e. The van der Waals surface area contributed by atoms with Gasteiger partial charge in [0.2, 0.25) is 0 Å². The van der Waals surface area contributed by atoms with Crippen molar-refractivity contribution in [3.05, 3.63) is 64.7 Å². The molecule has 0 aliphatic carbocycles. The number of thiol groups is 1. The zero-order chi connectivity index (χ0) is 14.5. The summed E-state index contributed by atoms with van der Waals surface area (Å²) in [6.07, 6.45) is 0. The fourth-order valence-electron chi connectivity index (χ4n) is 1.60. The van der Waals surface area contributed by atoms with Crippen molar-refractivity contribution in [3.8, 4) is 0 Å². The second kappa shape index (κ2) is 6.07. The van der Waals surface area contributed by atoms with Crippen LogP contribution in [0.5, 0.6) is 0 Å². The van der Waals surface area contributed by atoms with Crippen molar-refractivity contribution in [2.75, 3.05) is 9.62 Å². The molecule has 0 heterocycles. The van der Waals surface area contributed by atoms with Crippen LogP contribution in [0.3, 0.4) is 0 Å². The maximum Gasteiger partial charge on any atom is 0.336 e. The molecule has 0 aliphatic rings. The van der Waals surface area contributed by atoms with E-state index < -0.39 is 11.0 Å². The number of amides is 2. The molecule has 0 bridgehead atoms. The monoisotopic (exact) mass is 289 g/mol. The van der Waals surface area contributed by atoms with Crippen LogP contribution in [0, 0.1) is 10.1 Å². The van der Waals surface area contributed by atoms with E-state index in [1.807, 2.05) is 6.07 Å². The summed E-state index contributed by atoms with van der Waals surface area (Å²) in [7, 11) is 0. The molecule has 2 rings (SSSR count). The standard InChI is InChI=1S/C13H11N3O3S/c17-13(14-10-6-2-1-3-7-10)15(20)11-8-4-5-9-12(11)16(18)19/h1-9,20H,(H,14,17). The minimum absolute atomic E-state index is 0.106. The summed E-state index contributed by atoms with van der Waals surface area (Å²) in [5, 5.41) is 13.5. The smallest absolute Gasteiger partial charge is 0.307 e. The molecule has 0 atom stereocenters. The zero-order valence-electron chi connectivity index (χ0n) is 10.3. The highest BCUT2D eigenvalue weighted by Gasteiger charge is 2.21. The lowest BCUT2D eigenvalue weighted by atomic mass is 10.2. The summed E-state index contributed by atoms with van der Waals surface area (Å²) >= 11 is 4.03. The van der Waals surface area contributed by atoms with Crippen LogP contribution >= 0.6 is 12.8 Å². The first-order valence-electron chi connectivity index (χ1n) is 5.68. The van der Waals surface area contributed by atoms with E-state index in [9.17, 15) is 14.9 Å². The molecule has 0 aromatic heterocycles. The van der Waals surface area contributed by atoms with Gasteiger partial charge in [0, 0.05) is 11.8 Å². The van der Waals surface area contributed by atoms with Crippen molar-refractivity contribution in [2.24, 2.45) is 0 Å². The molecule has 0 saturated carbocycles. The number of nitrogens with one attached hydrogen (secondary N) is 1. The fourth-order valence-corrected chi connectivity index (χ4v) is 1.82. The van der Waals surface area contributed by atoms with Gasteiger partial charge in [-0.1, -0.05) is 43.1 Å². The summed E-state index contributed by atoms with van der Waals surface area (Å²) in [4.78, 5) is 22.4. The number of benzene rings is 2. The van der Waals surface area contributed by atoms with Crippen LogP contribution < -0.4 is 9.62 Å². The summed E-state index contributed by atoms with van der Waals surface area (Å²) in [6, 6.07) is 14.1. The summed E-state index contributed by atoms with van der Waals surface area (Å²) in [6.45, 7) is 0. The molecule has 7 heteroatoms. The van der Waals surface area contributed by atoms with Gasteiger partial charge in [-0.05, 0) is 18.2 Å². The highest BCUT2D eigenvalue weighted by molar-refractivity contribution is 7.82. The van der Waals surface area contributed by atoms with Crippen LogP contribution in [-0.4, -0.2) is 11.0 Å². The van der Waals surface area contributed by atoms with E-state index in [-0.39, 0.29) is 11.4 Å². The number of anilines is 2. The molecule has 0 fully saturated rings. The van der Waals surface area contributed by atoms with E-state index in [0.29, 0.717) is 5.69 Å². The van der Waals surface area contributed by atoms with Crippen LogP contribution in [0.1, 0.15) is 0 Å². The number of hydrogen-bond donors (Lipinski definition) is 2. The van der Waals surface area contributed by atoms with Gasteiger partial charge in [0.25, 0.3) is 5.69 Å². The molecule has 2 aromatic carbocycles. The van der Waals surface area contributed by atoms with Gasteiger partial charge >= 0.3 is 6.03 Å². The van der Waals surface area contributed by atoms with Gasteiger partial charge in [0.1, 0.15) is 5.69 Å². The molecule has 0 saturated heterocycles. The molecule has 20 heavy (non-hydrogen) atoms. The number of para-hydroxylation sites is 3. The summed E-state index contributed by atoms with van der Waals surface area (Å²) < 4.78 is 0.908. The molecule has 102 valence electrons. The van der Waals surface area contributed by atoms with Crippen molar-refractivity contribution >= 4 is 35.9 Å². The van der Waals surface area contributed by atoms with Crippen molar-refractivity contribution in [1.29, 1.82) is 0 Å². The first kappa shape index (κ1) is 13.9. The number of rotatable bonds is 3. The Morgan fingerprint density at radius 3 is 2.35 bits per heavy atom. The van der Waals surface area contributed by atoms with Crippen LogP contribution in [0.4, 0.5) is 21.9 Å². The van der Waals surface area contributed by atoms with Crippen LogP contribution in [0.2, 0.25) is 0 Å². The predicted octanol–water partition coefficient (Wildman–Crippen LogP) is 3.48. The molecule has 2 amide bonds. The predicted molar refractivity (Wildman–Crippen MR) is 80.0 cm³/mol. The van der Waals surface area contributed by atoms with Gasteiger partial charge in [0.05, 0.1) is 4.92 Å². The molecule has 0 radical (unpaired) electrons. The third-order valence-electron chi connectivity index (χ3n) is 2.52. The van der Waals surface area contributed by atoms with Crippen molar-refractivity contribution < 1.29 is 9.72 Å². The Morgan fingerprint density at radius 1 is 1.10 bits per heavy atom. The van der Waals surface area contributed by atoms with E-state index in [4.69, 9.17) is 0 Å². The summed E-state index contributed by atoms with van der Waals surface area (Å²) in [5.41, 5.74) is 0.495. The molecule has 6 nitrogen and oxygen atoms in total. The summed E-state index contributed by atoms with van der Waals surface area (Å²) in [5.74, 6) is 0. The Kier molecular flexibility index (Phi) is 4.21. The van der Waals surface area contributed by atoms with Gasteiger partial charge in [-0.25, -0.2) is 9.10 Å². The van der Waals surface area contributed by atoms with Crippen LogP contribution in [0.15, 0.2) is 54.6 Å². The Bertz CT molecular complexity index is 634. The van der Waals surface area contributed by atoms with E-state index in [1.165, 1.54) is 18.2 Å². The number of carbonyl (C=O) groups is 1. The molecule has 0 spiro atoms. The first-order valence-corrected chi connectivity index (χ1v) is 6.08. The average Bonchev–Trinajstić information content (AvgIpc) is 2.47. The van der Waals surface area contributed by atoms with Gasteiger partial charge in [-0.2, -0.15) is 0 Å². The Balaban J connectivity index is 2.21. The molecular formula is C13H11N3O3S. The molecule has 0 aliphatic heterocycles. The number of urea groups is 1. The number of carbonyl (C=O) groups excluding carboxylic acids is 1. The minimum atomic E-state index is -0.575. The third kappa shape index (κ3) is 3.07. The van der Waals surface area contributed by atoms with Gasteiger partial charge in [-0.3, -0.25) is 10.1 Å². The van der Waals surface area contributed by atoms with Crippen LogP contribution in [0.25, 0.3) is 0 Å². The van der Waals surface area contributed by atoms with Gasteiger partial charge in [-0.15, -0.1) is 0 Å². The topological polar surface area (TPSA) is 75.5 Å². The number of nitro benzene ring substituents is 1. The highest BCUT2D eigenvalue weighted by Crippen LogP contribution is 2.29. The van der Waals surface area contributed by atoms with Crippen molar-refractivity contribution in [2.45, 2.75) is 0 Å². The average molecular weight is 289 g/mol. The van der Waals surface area contributed by atoms with E-state index in [2.05, 4.69) is 18.1 Å². The molecule has 1 N–H and O–H groups in total. The maximum atomic E-state index is 12.0. The Hall–Kier alpha value is -2.54. The van der Waals surface area contributed by atoms with Crippen molar-refractivity contribution in [3.63, 3.8) is 0 Å². The SMILES string of the molecule is O=C(Nc1ccccc1)N(S)c1ccccc1[N+](=O)[O-]. The van der Waals surface area contributed by atoms with Crippen LogP contribution in [-0.2, 0) is 0 Å². The van der Waals surface area contributed by atoms with E-state index in [0.717, 1.165) is 4.31 Å². The first-order chi connectivity index (χ1) is 9.59. The molecule has 2 aromatic rings. The van der Waals surface area contributed by atoms with Crippen molar-refractivity contribution in [1.82, 2.24) is 0 Å². The molecular weight excluding hydrogens is 278 g/mol. The maximum absolute atomic E-state index is 12.0. The second-order valence-corrected chi connectivity index (χ2v) is 4.25. The van der Waals surface area contributed by atoms with Gasteiger partial charge in [0.15, 0.2) is 0 Å². The zero-order valence-corrected chi connectivity index (χ0v) is 11.2. The highest BCUT2D eigenvalue weighted by atomic mass is 32.1. The van der Waals surface area contributed by atoms with E-state index in [1.54, 1.807) is 30.3 Å². The number of nitro groups is 1.